The van der Waals surface area contributed by atoms with Crippen molar-refractivity contribution in [3.63, 3.8) is 0 Å². The molecule has 0 bridgehead atoms. The van der Waals surface area contributed by atoms with E-state index in [2.05, 4.69) is 12.1 Å². The van der Waals surface area contributed by atoms with Gasteiger partial charge in [0.2, 0.25) is 0 Å². The molecule has 184 valence electrons. The first-order valence-corrected chi connectivity index (χ1v) is 12.3. The predicted molar refractivity (Wildman–Crippen MR) is 139 cm³/mol. The van der Waals surface area contributed by atoms with Crippen LogP contribution >= 0.6 is 11.8 Å². The van der Waals surface area contributed by atoms with E-state index in [0.29, 0.717) is 0 Å². The Labute approximate surface area is 205 Å². The maximum Gasteiger partial charge on any atom is 0.163 e. The van der Waals surface area contributed by atoms with E-state index in [4.69, 9.17) is 18.9 Å². The molecule has 0 atom stereocenters. The summed E-state index contributed by atoms with van der Waals surface area (Å²) in [6.45, 7) is 24.5. The normalized spacial score (nSPS) is 13.0. The van der Waals surface area contributed by atoms with Crippen LogP contribution in [-0.4, -0.2) is 22.4 Å². The summed E-state index contributed by atoms with van der Waals surface area (Å²) >= 11 is 1.65. The van der Waals surface area contributed by atoms with Crippen molar-refractivity contribution in [1.29, 1.82) is 0 Å². The molecule has 2 aromatic rings. The van der Waals surface area contributed by atoms with Gasteiger partial charge in [0.25, 0.3) is 0 Å². The molecule has 5 heteroatoms. The summed E-state index contributed by atoms with van der Waals surface area (Å²) in [5.41, 5.74) is -1.29. The molecule has 0 aliphatic rings. The van der Waals surface area contributed by atoms with Crippen LogP contribution in [0.15, 0.2) is 46.2 Å². The minimum absolute atomic E-state index is 0.313. The fourth-order valence-electron chi connectivity index (χ4n) is 2.89. The van der Waals surface area contributed by atoms with Gasteiger partial charge in [0.05, 0.1) is 0 Å². The molecule has 0 saturated heterocycles. The lowest BCUT2D eigenvalue weighted by Crippen LogP contribution is -2.26. The van der Waals surface area contributed by atoms with E-state index < -0.39 is 0 Å². The average molecular weight is 475 g/mol. The maximum atomic E-state index is 6.24. The van der Waals surface area contributed by atoms with Gasteiger partial charge in [0.1, 0.15) is 22.4 Å². The summed E-state index contributed by atoms with van der Waals surface area (Å²) < 4.78 is 24.8. The summed E-state index contributed by atoms with van der Waals surface area (Å²) in [5, 5.41) is 0. The zero-order valence-electron chi connectivity index (χ0n) is 22.5. The van der Waals surface area contributed by atoms with E-state index in [1.165, 1.54) is 0 Å². The van der Waals surface area contributed by atoms with Crippen molar-refractivity contribution in [3.8, 4) is 23.0 Å². The SMILES string of the molecule is CC(C)(C)Oc1ccc(Sc2ccc(OC(C)(C)C)c(OC(C)(C)C)c2)cc1OC(C)(C)C. The van der Waals surface area contributed by atoms with Gasteiger partial charge in [-0.2, -0.15) is 0 Å². The summed E-state index contributed by atoms with van der Waals surface area (Å²) in [4.78, 5) is 2.11. The van der Waals surface area contributed by atoms with Gasteiger partial charge >= 0.3 is 0 Å². The van der Waals surface area contributed by atoms with Crippen LogP contribution in [0.25, 0.3) is 0 Å². The fraction of sp³-hybridized carbons (Fsp3) is 0.571. The molecule has 0 heterocycles. The molecule has 0 amide bonds. The molecule has 0 aromatic heterocycles. The lowest BCUT2D eigenvalue weighted by Gasteiger charge is -2.28. The van der Waals surface area contributed by atoms with E-state index in [9.17, 15) is 0 Å². The molecular weight excluding hydrogens is 432 g/mol. The van der Waals surface area contributed by atoms with Gasteiger partial charge in [-0.1, -0.05) is 11.8 Å². The van der Waals surface area contributed by atoms with Crippen molar-refractivity contribution in [2.24, 2.45) is 0 Å². The van der Waals surface area contributed by atoms with Crippen LogP contribution in [-0.2, 0) is 0 Å². The average Bonchev–Trinajstić information content (AvgIpc) is 2.54. The third-order valence-corrected chi connectivity index (χ3v) is 4.71. The first kappa shape index (κ1) is 27.2. The second-order valence-corrected chi connectivity index (χ2v) is 13.3. The van der Waals surface area contributed by atoms with Gasteiger partial charge in [0.15, 0.2) is 23.0 Å². The summed E-state index contributed by atoms with van der Waals surface area (Å²) in [6, 6.07) is 12.2. The van der Waals surface area contributed by atoms with Gasteiger partial charge in [-0.25, -0.2) is 0 Å². The third-order valence-electron chi connectivity index (χ3n) is 3.73. The maximum absolute atomic E-state index is 6.24. The molecule has 0 radical (unpaired) electrons. The van der Waals surface area contributed by atoms with Gasteiger partial charge in [-0.3, -0.25) is 0 Å². The van der Waals surface area contributed by atoms with E-state index in [-0.39, 0.29) is 22.4 Å². The van der Waals surface area contributed by atoms with Crippen LogP contribution in [0, 0.1) is 0 Å². The topological polar surface area (TPSA) is 36.9 Å². The second kappa shape index (κ2) is 9.69. The smallest absolute Gasteiger partial charge is 0.163 e. The number of benzene rings is 2. The lowest BCUT2D eigenvalue weighted by molar-refractivity contribution is 0.0953. The van der Waals surface area contributed by atoms with E-state index in [1.54, 1.807) is 11.8 Å². The molecular formula is C28H42O4S. The van der Waals surface area contributed by atoms with Crippen molar-refractivity contribution in [3.05, 3.63) is 36.4 Å². The van der Waals surface area contributed by atoms with Crippen LogP contribution < -0.4 is 18.9 Å². The van der Waals surface area contributed by atoms with Gasteiger partial charge < -0.3 is 18.9 Å². The molecule has 33 heavy (non-hydrogen) atoms. The Morgan fingerprint density at radius 2 is 0.697 bits per heavy atom. The largest absolute Gasteiger partial charge is 0.484 e. The summed E-state index contributed by atoms with van der Waals surface area (Å²) in [5.74, 6) is 2.96. The number of rotatable bonds is 6. The number of hydrogen-bond donors (Lipinski definition) is 0. The second-order valence-electron chi connectivity index (χ2n) is 12.2. The number of ether oxygens (including phenoxy) is 4. The molecule has 0 fully saturated rings. The third kappa shape index (κ3) is 10.2. The van der Waals surface area contributed by atoms with Crippen molar-refractivity contribution in [1.82, 2.24) is 0 Å². The van der Waals surface area contributed by atoms with Gasteiger partial charge in [-0.15, -0.1) is 0 Å². The Balaban J connectivity index is 2.40. The first-order chi connectivity index (χ1) is 14.8. The zero-order chi connectivity index (χ0) is 25.2. The van der Waals surface area contributed by atoms with Gasteiger partial charge in [-0.05, 0) is 119 Å². The Hall–Kier alpha value is -2.01. The van der Waals surface area contributed by atoms with Crippen LogP contribution in [0.3, 0.4) is 0 Å². The molecule has 0 aliphatic carbocycles. The van der Waals surface area contributed by atoms with E-state index in [1.807, 2.05) is 107 Å². The molecule has 2 rings (SSSR count). The fourth-order valence-corrected chi connectivity index (χ4v) is 3.76. The lowest BCUT2D eigenvalue weighted by atomic mass is 10.1. The van der Waals surface area contributed by atoms with Crippen molar-refractivity contribution >= 4 is 11.8 Å². The Morgan fingerprint density at radius 1 is 0.424 bits per heavy atom. The highest BCUT2D eigenvalue weighted by Crippen LogP contribution is 2.41. The molecule has 0 aliphatic heterocycles. The van der Waals surface area contributed by atoms with Crippen molar-refractivity contribution < 1.29 is 18.9 Å². The minimum Gasteiger partial charge on any atom is -0.484 e. The highest BCUT2D eigenvalue weighted by Gasteiger charge is 2.22. The van der Waals surface area contributed by atoms with Crippen LogP contribution in [0.2, 0.25) is 0 Å². The minimum atomic E-state index is -0.334. The van der Waals surface area contributed by atoms with Crippen molar-refractivity contribution in [2.75, 3.05) is 0 Å². The summed E-state index contributed by atoms with van der Waals surface area (Å²) in [6.07, 6.45) is 0. The highest BCUT2D eigenvalue weighted by molar-refractivity contribution is 7.99. The molecule has 4 nitrogen and oxygen atoms in total. The standard InChI is InChI=1S/C28H42O4S/c1-25(2,3)29-21-15-13-19(17-23(21)31-27(7,8)9)33-20-14-16-22(30-26(4,5)6)24(18-20)32-28(10,11)12/h13-18H,1-12H3. The molecule has 0 saturated carbocycles. The van der Waals surface area contributed by atoms with Crippen LogP contribution in [0.4, 0.5) is 0 Å². The number of hydrogen-bond acceptors (Lipinski definition) is 5. The molecule has 2 aromatic carbocycles. The van der Waals surface area contributed by atoms with Crippen LogP contribution in [0.1, 0.15) is 83.1 Å². The highest BCUT2D eigenvalue weighted by atomic mass is 32.2. The molecule has 0 unspecified atom stereocenters. The monoisotopic (exact) mass is 474 g/mol. The Kier molecular flexibility index (Phi) is 8.00. The Bertz CT molecular complexity index is 861. The first-order valence-electron chi connectivity index (χ1n) is 11.5. The quantitative estimate of drug-likeness (QED) is 0.419. The molecule has 0 spiro atoms. The van der Waals surface area contributed by atoms with E-state index in [0.717, 1.165) is 32.8 Å². The predicted octanol–water partition coefficient (Wildman–Crippen LogP) is 8.55. The van der Waals surface area contributed by atoms with Crippen LogP contribution in [0.5, 0.6) is 23.0 Å². The summed E-state index contributed by atoms with van der Waals surface area (Å²) in [7, 11) is 0. The zero-order valence-corrected chi connectivity index (χ0v) is 23.3. The van der Waals surface area contributed by atoms with E-state index >= 15 is 0 Å². The van der Waals surface area contributed by atoms with Crippen molar-refractivity contribution in [2.45, 2.75) is 115 Å². The Morgan fingerprint density at radius 3 is 0.970 bits per heavy atom. The molecule has 0 N–H and O–H groups in total. The van der Waals surface area contributed by atoms with Gasteiger partial charge in [0, 0.05) is 9.79 Å².